The van der Waals surface area contributed by atoms with Crippen molar-refractivity contribution in [3.63, 3.8) is 0 Å². The van der Waals surface area contributed by atoms with E-state index in [1.807, 2.05) is 6.07 Å². The van der Waals surface area contributed by atoms with Crippen molar-refractivity contribution in [2.75, 3.05) is 24.6 Å². The summed E-state index contributed by atoms with van der Waals surface area (Å²) in [6.07, 6.45) is 2.90. The molecule has 1 unspecified atom stereocenters. The maximum atomic E-state index is 10.8. The van der Waals surface area contributed by atoms with Gasteiger partial charge in [-0.25, -0.2) is 0 Å². The Morgan fingerprint density at radius 2 is 2.42 bits per heavy atom. The lowest BCUT2D eigenvalue weighted by molar-refractivity contribution is 0.0664. The topological polar surface area (TPSA) is 53.3 Å². The van der Waals surface area contributed by atoms with Crippen LogP contribution in [0, 0.1) is 11.3 Å². The van der Waals surface area contributed by atoms with Gasteiger partial charge in [0.05, 0.1) is 17.4 Å². The second-order valence-electron chi connectivity index (χ2n) is 4.71. The number of carbonyl (C=O) groups is 1. The summed E-state index contributed by atoms with van der Waals surface area (Å²) >= 11 is 0. The number of hydrogen-bond donors (Lipinski definition) is 0. The Morgan fingerprint density at radius 1 is 1.58 bits per heavy atom. The van der Waals surface area contributed by atoms with Crippen LogP contribution in [-0.2, 0) is 4.74 Å². The Hall–Kier alpha value is -1.86. The normalized spacial score (nSPS) is 19.6. The third-order valence-corrected chi connectivity index (χ3v) is 3.42. The SMILES string of the molecule is CCC1CN(c2ccc(C=O)cc2C#N)CCCO1. The van der Waals surface area contributed by atoms with Gasteiger partial charge < -0.3 is 9.64 Å². The van der Waals surface area contributed by atoms with Gasteiger partial charge in [-0.3, -0.25) is 4.79 Å². The minimum Gasteiger partial charge on any atom is -0.376 e. The molecular weight excluding hydrogens is 240 g/mol. The van der Waals surface area contributed by atoms with Crippen LogP contribution in [0.5, 0.6) is 0 Å². The van der Waals surface area contributed by atoms with E-state index < -0.39 is 0 Å². The van der Waals surface area contributed by atoms with Gasteiger partial charge in [0.15, 0.2) is 0 Å². The lowest BCUT2D eigenvalue weighted by Crippen LogP contribution is -2.31. The van der Waals surface area contributed by atoms with Crippen molar-refractivity contribution in [2.45, 2.75) is 25.9 Å². The van der Waals surface area contributed by atoms with Gasteiger partial charge in [-0.15, -0.1) is 0 Å². The molecule has 1 aromatic carbocycles. The summed E-state index contributed by atoms with van der Waals surface area (Å²) in [6, 6.07) is 7.45. The summed E-state index contributed by atoms with van der Waals surface area (Å²) < 4.78 is 5.74. The van der Waals surface area contributed by atoms with Crippen molar-refractivity contribution in [2.24, 2.45) is 0 Å². The van der Waals surface area contributed by atoms with E-state index in [2.05, 4.69) is 17.9 Å². The van der Waals surface area contributed by atoms with Crippen molar-refractivity contribution in [3.05, 3.63) is 29.3 Å². The van der Waals surface area contributed by atoms with Crippen molar-refractivity contribution in [1.29, 1.82) is 5.26 Å². The van der Waals surface area contributed by atoms with Gasteiger partial charge in [0.1, 0.15) is 12.4 Å². The molecule has 4 nitrogen and oxygen atoms in total. The van der Waals surface area contributed by atoms with Crippen molar-refractivity contribution < 1.29 is 9.53 Å². The van der Waals surface area contributed by atoms with Gasteiger partial charge in [0.25, 0.3) is 0 Å². The highest BCUT2D eigenvalue weighted by atomic mass is 16.5. The Kier molecular flexibility index (Phi) is 4.53. The van der Waals surface area contributed by atoms with Gasteiger partial charge in [-0.05, 0) is 31.0 Å². The Morgan fingerprint density at radius 3 is 3.11 bits per heavy atom. The predicted octanol–water partition coefficient (Wildman–Crippen LogP) is 2.38. The van der Waals surface area contributed by atoms with Crippen LogP contribution in [0.4, 0.5) is 5.69 Å². The number of anilines is 1. The highest BCUT2D eigenvalue weighted by Crippen LogP contribution is 2.23. The molecule has 100 valence electrons. The summed E-state index contributed by atoms with van der Waals surface area (Å²) in [5.41, 5.74) is 2.00. The molecule has 1 saturated heterocycles. The molecular formula is C15H18N2O2. The number of aldehydes is 1. The number of nitriles is 1. The number of nitrogens with zero attached hydrogens (tertiary/aromatic N) is 2. The third kappa shape index (κ3) is 3.12. The summed E-state index contributed by atoms with van der Waals surface area (Å²) in [5.74, 6) is 0. The second-order valence-corrected chi connectivity index (χ2v) is 4.71. The lowest BCUT2D eigenvalue weighted by Gasteiger charge is -2.26. The second kappa shape index (κ2) is 6.35. The van der Waals surface area contributed by atoms with Gasteiger partial charge in [-0.2, -0.15) is 5.26 Å². The first kappa shape index (κ1) is 13.6. The van der Waals surface area contributed by atoms with Crippen molar-refractivity contribution in [3.8, 4) is 6.07 Å². The average Bonchev–Trinajstić information content (AvgIpc) is 2.71. The Labute approximate surface area is 113 Å². The van der Waals surface area contributed by atoms with Gasteiger partial charge in [-0.1, -0.05) is 6.92 Å². The number of ether oxygens (including phenoxy) is 1. The van der Waals surface area contributed by atoms with Crippen LogP contribution in [0.1, 0.15) is 35.7 Å². The van der Waals surface area contributed by atoms with Gasteiger partial charge in [0.2, 0.25) is 0 Å². The molecule has 1 fully saturated rings. The van der Waals surface area contributed by atoms with Crippen LogP contribution in [0.3, 0.4) is 0 Å². The molecule has 0 bridgehead atoms. The largest absolute Gasteiger partial charge is 0.376 e. The van der Waals surface area contributed by atoms with Crippen LogP contribution < -0.4 is 4.90 Å². The summed E-state index contributed by atoms with van der Waals surface area (Å²) in [6.45, 7) is 4.55. The molecule has 1 aromatic rings. The molecule has 1 atom stereocenters. The first-order valence-electron chi connectivity index (χ1n) is 6.64. The van der Waals surface area contributed by atoms with Gasteiger partial charge >= 0.3 is 0 Å². The van der Waals surface area contributed by atoms with E-state index in [0.29, 0.717) is 11.1 Å². The first-order valence-corrected chi connectivity index (χ1v) is 6.64. The van der Waals surface area contributed by atoms with E-state index in [0.717, 1.165) is 44.5 Å². The third-order valence-electron chi connectivity index (χ3n) is 3.42. The van der Waals surface area contributed by atoms with Crippen LogP contribution in [0.15, 0.2) is 18.2 Å². The molecule has 4 heteroatoms. The van der Waals surface area contributed by atoms with Crippen molar-refractivity contribution in [1.82, 2.24) is 0 Å². The molecule has 1 aliphatic rings. The number of benzene rings is 1. The quantitative estimate of drug-likeness (QED) is 0.781. The monoisotopic (exact) mass is 258 g/mol. The van der Waals surface area contributed by atoms with E-state index in [9.17, 15) is 10.1 Å². The molecule has 0 spiro atoms. The lowest BCUT2D eigenvalue weighted by atomic mass is 10.1. The van der Waals surface area contributed by atoms with Crippen LogP contribution in [0.25, 0.3) is 0 Å². The van der Waals surface area contributed by atoms with E-state index in [1.165, 1.54) is 0 Å². The maximum Gasteiger partial charge on any atom is 0.150 e. The van der Waals surface area contributed by atoms with Crippen molar-refractivity contribution >= 4 is 12.0 Å². The molecule has 0 amide bonds. The first-order chi connectivity index (χ1) is 9.28. The number of hydrogen-bond acceptors (Lipinski definition) is 4. The molecule has 1 aliphatic heterocycles. The van der Waals surface area contributed by atoms with E-state index >= 15 is 0 Å². The standard InChI is InChI=1S/C15H18N2O2/c1-2-14-10-17(6-3-7-19-14)15-5-4-12(11-18)8-13(15)9-16/h4-5,8,11,14H,2-3,6-7,10H2,1H3. The Balaban J connectivity index is 2.29. The zero-order valence-corrected chi connectivity index (χ0v) is 11.1. The smallest absolute Gasteiger partial charge is 0.150 e. The number of carbonyl (C=O) groups excluding carboxylic acids is 1. The highest BCUT2D eigenvalue weighted by Gasteiger charge is 2.19. The summed E-state index contributed by atoms with van der Waals surface area (Å²) in [4.78, 5) is 13.0. The molecule has 0 aliphatic carbocycles. The molecule has 2 rings (SSSR count). The van der Waals surface area contributed by atoms with Gasteiger partial charge in [0, 0.05) is 25.3 Å². The molecule has 0 aromatic heterocycles. The molecule has 1 heterocycles. The molecule has 0 N–H and O–H groups in total. The molecule has 0 saturated carbocycles. The molecule has 0 radical (unpaired) electrons. The zero-order valence-electron chi connectivity index (χ0n) is 11.1. The minimum absolute atomic E-state index is 0.208. The van der Waals surface area contributed by atoms with E-state index in [-0.39, 0.29) is 6.10 Å². The molecule has 19 heavy (non-hydrogen) atoms. The minimum atomic E-state index is 0.208. The summed E-state index contributed by atoms with van der Waals surface area (Å²) in [5, 5.41) is 9.24. The van der Waals surface area contributed by atoms with E-state index in [4.69, 9.17) is 4.74 Å². The maximum absolute atomic E-state index is 10.8. The number of rotatable bonds is 3. The summed E-state index contributed by atoms with van der Waals surface area (Å²) in [7, 11) is 0. The van der Waals surface area contributed by atoms with Crippen LogP contribution >= 0.6 is 0 Å². The van der Waals surface area contributed by atoms with Crippen LogP contribution in [0.2, 0.25) is 0 Å². The Bertz CT molecular complexity index is 493. The predicted molar refractivity (Wildman–Crippen MR) is 73.4 cm³/mol. The average molecular weight is 258 g/mol. The fourth-order valence-corrected chi connectivity index (χ4v) is 2.35. The highest BCUT2D eigenvalue weighted by molar-refractivity contribution is 5.78. The fraction of sp³-hybridized carbons (Fsp3) is 0.467. The fourth-order valence-electron chi connectivity index (χ4n) is 2.35. The zero-order chi connectivity index (χ0) is 13.7. The van der Waals surface area contributed by atoms with E-state index in [1.54, 1.807) is 12.1 Å². The van der Waals surface area contributed by atoms with Crippen LogP contribution in [-0.4, -0.2) is 32.1 Å².